The number of hydrogen-bond acceptors (Lipinski definition) is 2. The molecule has 0 aliphatic heterocycles. The van der Waals surface area contributed by atoms with Crippen LogP contribution < -0.4 is 5.01 Å². The maximum absolute atomic E-state index is 12.2. The normalized spacial score (nSPS) is 10.0. The second-order valence-electron chi connectivity index (χ2n) is 5.35. The maximum atomic E-state index is 12.2. The van der Waals surface area contributed by atoms with E-state index >= 15 is 0 Å². The van der Waals surface area contributed by atoms with Gasteiger partial charge < -0.3 is 0 Å². The number of nitrogens with zero attached hydrogens (tertiary/aromatic N) is 2. The molecular weight excluding hydrogens is 296 g/mol. The van der Waals surface area contributed by atoms with E-state index < -0.39 is 0 Å². The fourth-order valence-corrected chi connectivity index (χ4v) is 2.45. The zero-order valence-electron chi connectivity index (χ0n) is 13.5. The molecule has 0 bridgehead atoms. The summed E-state index contributed by atoms with van der Waals surface area (Å²) in [6.07, 6.45) is 0. The Morgan fingerprint density at radius 3 is 1.54 bits per heavy atom. The summed E-state index contributed by atoms with van der Waals surface area (Å²) in [5, 5.41) is 6.13. The van der Waals surface area contributed by atoms with Gasteiger partial charge in [0.1, 0.15) is 0 Å². The van der Waals surface area contributed by atoms with E-state index in [0.717, 1.165) is 22.5 Å². The molecule has 1 amide bonds. The van der Waals surface area contributed by atoms with Crippen molar-refractivity contribution >= 4 is 17.3 Å². The fourth-order valence-electron chi connectivity index (χ4n) is 2.45. The maximum Gasteiger partial charge on any atom is 0.244 e. The van der Waals surface area contributed by atoms with Crippen LogP contribution in [0.5, 0.6) is 0 Å². The Labute approximate surface area is 141 Å². The van der Waals surface area contributed by atoms with Gasteiger partial charge in [0.15, 0.2) is 0 Å². The van der Waals surface area contributed by atoms with Crippen molar-refractivity contribution in [3.05, 3.63) is 102 Å². The fraction of sp³-hybridized carbons (Fsp3) is 0.0476. The number of hydrogen-bond donors (Lipinski definition) is 0. The minimum atomic E-state index is -0.134. The second-order valence-corrected chi connectivity index (χ2v) is 5.35. The number of amides is 1. The number of carbonyl (C=O) groups is 1. The van der Waals surface area contributed by atoms with Gasteiger partial charge in [-0.1, -0.05) is 78.9 Å². The summed E-state index contributed by atoms with van der Waals surface area (Å²) in [5.74, 6) is -0.134. The van der Waals surface area contributed by atoms with Crippen LogP contribution in [0.2, 0.25) is 0 Å². The number of anilines is 1. The van der Waals surface area contributed by atoms with Crippen molar-refractivity contribution < 1.29 is 4.79 Å². The predicted molar refractivity (Wildman–Crippen MR) is 98.1 cm³/mol. The van der Waals surface area contributed by atoms with Crippen molar-refractivity contribution in [3.63, 3.8) is 0 Å². The molecular formula is C21H18N2O. The van der Waals surface area contributed by atoms with Crippen molar-refractivity contribution in [1.82, 2.24) is 0 Å². The van der Waals surface area contributed by atoms with Crippen LogP contribution in [0.15, 0.2) is 96.1 Å². The van der Waals surface area contributed by atoms with Crippen molar-refractivity contribution in [2.45, 2.75) is 6.92 Å². The lowest BCUT2D eigenvalue weighted by Gasteiger charge is -2.18. The highest BCUT2D eigenvalue weighted by atomic mass is 16.2. The topological polar surface area (TPSA) is 32.7 Å². The zero-order chi connectivity index (χ0) is 16.8. The van der Waals surface area contributed by atoms with Crippen molar-refractivity contribution in [3.8, 4) is 0 Å². The van der Waals surface area contributed by atoms with E-state index in [0.29, 0.717) is 0 Å². The van der Waals surface area contributed by atoms with E-state index in [1.54, 1.807) is 0 Å². The first-order valence-electron chi connectivity index (χ1n) is 7.81. The molecule has 0 fully saturated rings. The molecule has 3 nitrogen and oxygen atoms in total. The van der Waals surface area contributed by atoms with Crippen LogP contribution in [0.1, 0.15) is 18.1 Å². The first kappa shape index (κ1) is 15.7. The van der Waals surface area contributed by atoms with Crippen molar-refractivity contribution in [2.24, 2.45) is 5.10 Å². The van der Waals surface area contributed by atoms with Gasteiger partial charge in [0.25, 0.3) is 0 Å². The Balaban J connectivity index is 2.13. The average molecular weight is 314 g/mol. The van der Waals surface area contributed by atoms with Gasteiger partial charge in [-0.25, -0.2) is 5.01 Å². The van der Waals surface area contributed by atoms with Gasteiger partial charge in [-0.3, -0.25) is 4.79 Å². The molecule has 0 heterocycles. The third-order valence-electron chi connectivity index (χ3n) is 3.59. The Bertz CT molecular complexity index is 786. The highest BCUT2D eigenvalue weighted by molar-refractivity contribution is 6.14. The lowest BCUT2D eigenvalue weighted by atomic mass is 10.0. The summed E-state index contributed by atoms with van der Waals surface area (Å²) in [4.78, 5) is 12.2. The predicted octanol–water partition coefficient (Wildman–Crippen LogP) is 4.49. The lowest BCUT2D eigenvalue weighted by Crippen LogP contribution is -2.25. The number of hydrazone groups is 1. The smallest absolute Gasteiger partial charge is 0.244 e. The molecule has 0 aromatic heterocycles. The Morgan fingerprint density at radius 1 is 0.708 bits per heavy atom. The molecule has 3 rings (SSSR count). The van der Waals surface area contributed by atoms with Crippen LogP contribution in [-0.4, -0.2) is 11.6 Å². The van der Waals surface area contributed by atoms with Crippen LogP contribution in [-0.2, 0) is 4.79 Å². The third kappa shape index (κ3) is 3.58. The average Bonchev–Trinajstić information content (AvgIpc) is 2.64. The van der Waals surface area contributed by atoms with Crippen LogP contribution in [0.25, 0.3) is 0 Å². The molecule has 0 saturated carbocycles. The minimum absolute atomic E-state index is 0.134. The Hall–Kier alpha value is -3.20. The molecule has 0 atom stereocenters. The number of benzene rings is 3. The quantitative estimate of drug-likeness (QED) is 0.516. The van der Waals surface area contributed by atoms with Gasteiger partial charge in [-0.05, 0) is 12.1 Å². The Morgan fingerprint density at radius 2 is 1.12 bits per heavy atom. The van der Waals surface area contributed by atoms with Crippen molar-refractivity contribution in [2.75, 3.05) is 5.01 Å². The van der Waals surface area contributed by atoms with Crippen LogP contribution in [0, 0.1) is 0 Å². The summed E-state index contributed by atoms with van der Waals surface area (Å²) < 4.78 is 0. The van der Waals surface area contributed by atoms with Crippen LogP contribution >= 0.6 is 0 Å². The van der Waals surface area contributed by atoms with Gasteiger partial charge in [-0.15, -0.1) is 0 Å². The second kappa shape index (κ2) is 7.38. The summed E-state index contributed by atoms with van der Waals surface area (Å²) in [7, 11) is 0. The van der Waals surface area contributed by atoms with E-state index in [4.69, 9.17) is 0 Å². The first-order valence-corrected chi connectivity index (χ1v) is 7.81. The van der Waals surface area contributed by atoms with Gasteiger partial charge in [-0.2, -0.15) is 5.10 Å². The van der Waals surface area contributed by atoms with Crippen LogP contribution in [0.3, 0.4) is 0 Å². The Kier molecular flexibility index (Phi) is 4.82. The highest BCUT2D eigenvalue weighted by Gasteiger charge is 2.14. The summed E-state index contributed by atoms with van der Waals surface area (Å²) in [6.45, 7) is 1.52. The zero-order valence-corrected chi connectivity index (χ0v) is 13.5. The molecule has 3 heteroatoms. The number of carbonyl (C=O) groups excluding carboxylic acids is 1. The van der Waals surface area contributed by atoms with E-state index in [9.17, 15) is 4.79 Å². The van der Waals surface area contributed by atoms with Gasteiger partial charge in [0.2, 0.25) is 5.91 Å². The van der Waals surface area contributed by atoms with E-state index in [1.807, 2.05) is 91.0 Å². The molecule has 3 aromatic rings. The summed E-state index contributed by atoms with van der Waals surface area (Å²) >= 11 is 0. The van der Waals surface area contributed by atoms with E-state index in [1.165, 1.54) is 11.9 Å². The molecule has 3 aromatic carbocycles. The molecule has 24 heavy (non-hydrogen) atoms. The number of rotatable bonds is 4. The van der Waals surface area contributed by atoms with Gasteiger partial charge >= 0.3 is 0 Å². The van der Waals surface area contributed by atoms with Crippen LogP contribution in [0.4, 0.5) is 5.69 Å². The molecule has 118 valence electrons. The van der Waals surface area contributed by atoms with Crippen molar-refractivity contribution in [1.29, 1.82) is 0 Å². The molecule has 0 saturated heterocycles. The molecule has 0 spiro atoms. The monoisotopic (exact) mass is 314 g/mol. The molecule has 0 radical (unpaired) electrons. The van der Waals surface area contributed by atoms with Gasteiger partial charge in [0, 0.05) is 18.1 Å². The minimum Gasteiger partial charge on any atom is -0.273 e. The lowest BCUT2D eigenvalue weighted by molar-refractivity contribution is -0.116. The first-order chi connectivity index (χ1) is 11.8. The molecule has 0 aliphatic carbocycles. The largest absolute Gasteiger partial charge is 0.273 e. The van der Waals surface area contributed by atoms with E-state index in [-0.39, 0.29) is 5.91 Å². The molecule has 0 unspecified atom stereocenters. The molecule has 0 aliphatic rings. The third-order valence-corrected chi connectivity index (χ3v) is 3.59. The molecule has 0 N–H and O–H groups in total. The van der Waals surface area contributed by atoms with E-state index in [2.05, 4.69) is 5.10 Å². The number of para-hydroxylation sites is 1. The van der Waals surface area contributed by atoms with Gasteiger partial charge in [0.05, 0.1) is 11.4 Å². The standard InChI is InChI=1S/C21H18N2O/c1-17(24)23(20-15-9-4-10-16-20)22-21(18-11-5-2-6-12-18)19-13-7-3-8-14-19/h2-16H,1H3. The highest BCUT2D eigenvalue weighted by Crippen LogP contribution is 2.18. The summed E-state index contributed by atoms with van der Waals surface area (Å²) in [5.41, 5.74) is 3.43. The summed E-state index contributed by atoms with van der Waals surface area (Å²) in [6, 6.07) is 29.2. The SMILES string of the molecule is CC(=O)N(N=C(c1ccccc1)c1ccccc1)c1ccccc1.